The Morgan fingerprint density at radius 2 is 1.86 bits per heavy atom. The second-order valence-corrected chi connectivity index (χ2v) is 6.40. The summed E-state index contributed by atoms with van der Waals surface area (Å²) >= 11 is 0. The number of aryl methyl sites for hydroxylation is 1. The van der Waals surface area contributed by atoms with Gasteiger partial charge in [0.2, 0.25) is 0 Å². The molecule has 2 heterocycles. The molecular weight excluding hydrogens is 369 g/mol. The third kappa shape index (κ3) is 3.88. The van der Waals surface area contributed by atoms with E-state index < -0.39 is 11.7 Å². The number of nitrogens with zero attached hydrogens (tertiary/aromatic N) is 1. The molecule has 144 valence electrons. The first-order chi connectivity index (χ1) is 13.5. The molecule has 4 rings (SSSR count). The molecule has 0 saturated carbocycles. The van der Waals surface area contributed by atoms with Gasteiger partial charge < -0.3 is 9.57 Å². The molecule has 0 atom stereocenters. The molecule has 1 aliphatic heterocycles. The minimum atomic E-state index is -4.37. The molecule has 0 saturated heterocycles. The summed E-state index contributed by atoms with van der Waals surface area (Å²) in [6.07, 6.45) is -0.905. The second kappa shape index (κ2) is 7.42. The van der Waals surface area contributed by atoms with Crippen LogP contribution in [0.1, 0.15) is 17.5 Å². The van der Waals surface area contributed by atoms with Crippen molar-refractivity contribution in [2.24, 2.45) is 0 Å². The van der Waals surface area contributed by atoms with E-state index in [4.69, 9.17) is 9.57 Å². The number of rotatable bonds is 4. The fourth-order valence-corrected chi connectivity index (χ4v) is 3.05. The van der Waals surface area contributed by atoms with E-state index in [0.29, 0.717) is 22.7 Å². The number of halogens is 3. The van der Waals surface area contributed by atoms with E-state index in [1.807, 2.05) is 12.1 Å². The summed E-state index contributed by atoms with van der Waals surface area (Å²) in [7, 11) is 0. The molecule has 7 heteroatoms. The Hall–Kier alpha value is -3.22. The zero-order chi connectivity index (χ0) is 19.6. The van der Waals surface area contributed by atoms with Crippen LogP contribution in [0.5, 0.6) is 11.5 Å². The molecule has 1 N–H and O–H groups in total. The van der Waals surface area contributed by atoms with Crippen molar-refractivity contribution in [2.45, 2.75) is 19.0 Å². The highest BCUT2D eigenvalue weighted by Gasteiger charge is 2.30. The van der Waals surface area contributed by atoms with Crippen molar-refractivity contribution in [1.29, 1.82) is 0 Å². The molecule has 0 unspecified atom stereocenters. The average molecular weight is 386 g/mol. The van der Waals surface area contributed by atoms with Crippen molar-refractivity contribution in [3.63, 3.8) is 0 Å². The molecule has 0 radical (unpaired) electrons. The number of benzene rings is 2. The lowest BCUT2D eigenvalue weighted by molar-refractivity contribution is -0.137. The van der Waals surface area contributed by atoms with E-state index in [9.17, 15) is 13.2 Å². The normalized spacial score (nSPS) is 13.4. The van der Waals surface area contributed by atoms with Crippen LogP contribution in [0.2, 0.25) is 0 Å². The van der Waals surface area contributed by atoms with Crippen LogP contribution in [0.4, 0.5) is 18.9 Å². The minimum absolute atomic E-state index is 0.498. The first-order valence-electron chi connectivity index (χ1n) is 8.82. The molecule has 0 fully saturated rings. The van der Waals surface area contributed by atoms with Gasteiger partial charge in [0.1, 0.15) is 5.75 Å². The fraction of sp³-hybridized carbons (Fsp3) is 0.190. The van der Waals surface area contributed by atoms with Crippen molar-refractivity contribution in [1.82, 2.24) is 4.98 Å². The Balaban J connectivity index is 1.53. The number of ether oxygens (including phenoxy) is 1. The summed E-state index contributed by atoms with van der Waals surface area (Å²) in [5.41, 5.74) is 4.84. The topological polar surface area (TPSA) is 43.4 Å². The molecule has 0 aliphatic carbocycles. The molecule has 2 aromatic carbocycles. The summed E-state index contributed by atoms with van der Waals surface area (Å²) in [5.74, 6) is 1.48. The minimum Gasteiger partial charge on any atom is -0.493 e. The highest BCUT2D eigenvalue weighted by Crippen LogP contribution is 2.33. The Bertz CT molecular complexity index is 972. The van der Waals surface area contributed by atoms with E-state index >= 15 is 0 Å². The molecule has 4 nitrogen and oxygen atoms in total. The van der Waals surface area contributed by atoms with Crippen molar-refractivity contribution in [3.8, 4) is 22.8 Å². The van der Waals surface area contributed by atoms with Crippen LogP contribution in [0.15, 0.2) is 60.8 Å². The van der Waals surface area contributed by atoms with Gasteiger partial charge in [0.25, 0.3) is 0 Å². The number of alkyl halides is 3. The molecule has 3 aromatic rings. The maximum atomic E-state index is 12.8. The number of fused-ring (bicyclic) bond motifs is 1. The third-order valence-corrected chi connectivity index (χ3v) is 4.45. The molecule has 0 amide bonds. The fourth-order valence-electron chi connectivity index (χ4n) is 3.05. The van der Waals surface area contributed by atoms with Gasteiger partial charge in [-0.3, -0.25) is 4.98 Å². The summed E-state index contributed by atoms with van der Waals surface area (Å²) in [6, 6.07) is 13.9. The van der Waals surface area contributed by atoms with E-state index in [1.165, 1.54) is 12.1 Å². The zero-order valence-corrected chi connectivity index (χ0v) is 14.8. The van der Waals surface area contributed by atoms with E-state index in [2.05, 4.69) is 10.5 Å². The quantitative estimate of drug-likeness (QED) is 0.602. The first kappa shape index (κ1) is 18.2. The van der Waals surface area contributed by atoms with Crippen LogP contribution in [0.3, 0.4) is 0 Å². The van der Waals surface area contributed by atoms with Gasteiger partial charge in [0.15, 0.2) is 5.75 Å². The van der Waals surface area contributed by atoms with Crippen LogP contribution >= 0.6 is 0 Å². The molecule has 1 aromatic heterocycles. The Labute approximate surface area is 159 Å². The Morgan fingerprint density at radius 3 is 2.64 bits per heavy atom. The largest absolute Gasteiger partial charge is 0.493 e. The average Bonchev–Trinajstić information content (AvgIpc) is 2.72. The number of hydrogen-bond acceptors (Lipinski definition) is 4. The number of anilines is 1. The van der Waals surface area contributed by atoms with Crippen LogP contribution in [-0.4, -0.2) is 11.6 Å². The molecule has 1 aliphatic rings. The van der Waals surface area contributed by atoms with Gasteiger partial charge in [0, 0.05) is 11.8 Å². The number of hydrogen-bond donors (Lipinski definition) is 1. The monoisotopic (exact) mass is 386 g/mol. The maximum absolute atomic E-state index is 12.8. The van der Waals surface area contributed by atoms with Crippen molar-refractivity contribution < 1.29 is 22.7 Å². The lowest BCUT2D eigenvalue weighted by atomic mass is 10.1. The lowest BCUT2D eigenvalue weighted by Gasteiger charge is -2.18. The highest BCUT2D eigenvalue weighted by molar-refractivity contribution is 5.73. The van der Waals surface area contributed by atoms with Crippen molar-refractivity contribution in [2.75, 3.05) is 12.1 Å². The Kier molecular flexibility index (Phi) is 4.81. The summed E-state index contributed by atoms with van der Waals surface area (Å²) in [6.45, 7) is 0.720. The molecular formula is C21H17F3N2O2. The van der Waals surface area contributed by atoms with Gasteiger partial charge >= 0.3 is 6.18 Å². The second-order valence-electron chi connectivity index (χ2n) is 6.40. The zero-order valence-electron chi connectivity index (χ0n) is 14.8. The van der Waals surface area contributed by atoms with Crippen LogP contribution in [0.25, 0.3) is 11.3 Å². The van der Waals surface area contributed by atoms with Gasteiger partial charge in [-0.05, 0) is 60.9 Å². The van der Waals surface area contributed by atoms with Crippen LogP contribution in [0, 0.1) is 0 Å². The first-order valence-corrected chi connectivity index (χ1v) is 8.82. The maximum Gasteiger partial charge on any atom is 0.416 e. The van der Waals surface area contributed by atoms with E-state index in [1.54, 1.807) is 24.4 Å². The molecule has 0 spiro atoms. The van der Waals surface area contributed by atoms with Crippen LogP contribution in [-0.2, 0) is 12.6 Å². The molecule has 28 heavy (non-hydrogen) atoms. The van der Waals surface area contributed by atoms with E-state index in [0.717, 1.165) is 42.9 Å². The predicted octanol–water partition coefficient (Wildman–Crippen LogP) is 5.50. The predicted molar refractivity (Wildman–Crippen MR) is 99.2 cm³/mol. The van der Waals surface area contributed by atoms with Gasteiger partial charge in [-0.15, -0.1) is 0 Å². The van der Waals surface area contributed by atoms with Gasteiger partial charge in [0.05, 0.1) is 23.6 Å². The smallest absolute Gasteiger partial charge is 0.416 e. The summed E-state index contributed by atoms with van der Waals surface area (Å²) < 4.78 is 43.9. The van der Waals surface area contributed by atoms with Crippen molar-refractivity contribution in [3.05, 3.63) is 71.9 Å². The Morgan fingerprint density at radius 1 is 1.04 bits per heavy atom. The summed E-state index contributed by atoms with van der Waals surface area (Å²) in [5, 5.41) is 0. The summed E-state index contributed by atoms with van der Waals surface area (Å²) in [4.78, 5) is 9.95. The SMILES string of the molecule is FC(F)(F)c1ccc(-c2ncccc2NOc2ccc3c(c2)CCCO3)cc1. The van der Waals surface area contributed by atoms with Gasteiger partial charge in [-0.2, -0.15) is 13.2 Å². The number of aromatic nitrogens is 1. The number of pyridine rings is 1. The number of nitrogens with one attached hydrogen (secondary N) is 1. The van der Waals surface area contributed by atoms with Gasteiger partial charge in [-0.1, -0.05) is 12.1 Å². The van der Waals surface area contributed by atoms with Crippen molar-refractivity contribution >= 4 is 5.69 Å². The van der Waals surface area contributed by atoms with Gasteiger partial charge in [-0.25, -0.2) is 5.48 Å². The standard InChI is InChI=1S/C21H17F3N2O2/c22-21(23,24)16-7-5-14(6-8-16)20-18(4-1-11-25-20)26-28-17-9-10-19-15(13-17)3-2-12-27-19/h1,4-11,13,26H,2-3,12H2. The highest BCUT2D eigenvalue weighted by atomic mass is 19.4. The molecule has 0 bridgehead atoms. The van der Waals surface area contributed by atoms with Crippen LogP contribution < -0.4 is 15.1 Å². The van der Waals surface area contributed by atoms with E-state index in [-0.39, 0.29) is 0 Å². The lowest BCUT2D eigenvalue weighted by Crippen LogP contribution is -2.10. The third-order valence-electron chi connectivity index (χ3n) is 4.45.